The van der Waals surface area contributed by atoms with Crippen molar-refractivity contribution in [1.29, 1.82) is 5.26 Å². The molecule has 0 radical (unpaired) electrons. The van der Waals surface area contributed by atoms with Crippen LogP contribution in [0.2, 0.25) is 5.02 Å². The minimum atomic E-state index is -0.784. The number of ether oxygens (including phenoxy) is 1. The van der Waals surface area contributed by atoms with E-state index in [1.54, 1.807) is 13.2 Å². The van der Waals surface area contributed by atoms with Crippen LogP contribution in [0.4, 0.5) is 0 Å². The van der Waals surface area contributed by atoms with Crippen LogP contribution in [-0.4, -0.2) is 32.6 Å². The molecule has 0 bridgehead atoms. The lowest BCUT2D eigenvalue weighted by Gasteiger charge is -2.30. The second kappa shape index (κ2) is 8.19. The monoisotopic (exact) mass is 342 g/mol. The summed E-state index contributed by atoms with van der Waals surface area (Å²) in [4.78, 5) is 2.13. The van der Waals surface area contributed by atoms with Gasteiger partial charge in [-0.05, 0) is 57.2 Å². The van der Waals surface area contributed by atoms with Crippen LogP contribution in [0.15, 0.2) is 48.5 Å². The number of benzene rings is 2. The molecule has 0 spiro atoms. The van der Waals surface area contributed by atoms with Crippen molar-refractivity contribution in [1.82, 2.24) is 4.90 Å². The van der Waals surface area contributed by atoms with Crippen molar-refractivity contribution in [2.24, 2.45) is 0 Å². The summed E-state index contributed by atoms with van der Waals surface area (Å²) in [6.45, 7) is 0.916. The van der Waals surface area contributed by atoms with Gasteiger partial charge in [0.2, 0.25) is 0 Å². The first-order valence-corrected chi connectivity index (χ1v) is 8.37. The van der Waals surface area contributed by atoms with E-state index in [0.29, 0.717) is 17.2 Å². The van der Waals surface area contributed by atoms with Crippen molar-refractivity contribution in [2.45, 2.75) is 18.3 Å². The molecule has 0 aliphatic rings. The Hall–Kier alpha value is -2.02. The van der Waals surface area contributed by atoms with Crippen LogP contribution in [0.5, 0.6) is 5.75 Å². The van der Waals surface area contributed by atoms with Crippen LogP contribution in [0, 0.1) is 11.3 Å². The molecule has 0 saturated heterocycles. The maximum Gasteiger partial charge on any atom is 0.124 e. The van der Waals surface area contributed by atoms with Crippen LogP contribution >= 0.6 is 11.6 Å². The summed E-state index contributed by atoms with van der Waals surface area (Å²) in [7, 11) is 5.70. The first kappa shape index (κ1) is 18.3. The molecule has 0 saturated carbocycles. The zero-order valence-electron chi connectivity index (χ0n) is 14.4. The second-order valence-corrected chi connectivity index (χ2v) is 6.57. The summed E-state index contributed by atoms with van der Waals surface area (Å²) in [6, 6.07) is 17.9. The molecule has 0 amide bonds. The minimum absolute atomic E-state index is 0.606. The average Bonchev–Trinajstić information content (AvgIpc) is 2.59. The maximum absolute atomic E-state index is 10.2. The third-order valence-corrected chi connectivity index (χ3v) is 4.47. The summed E-state index contributed by atoms with van der Waals surface area (Å²) in [5.74, 6) is 0.689. The molecule has 0 aliphatic carbocycles. The fourth-order valence-corrected chi connectivity index (χ4v) is 3.18. The molecule has 24 heavy (non-hydrogen) atoms. The fourth-order valence-electron chi connectivity index (χ4n) is 3.01. The molecule has 2 aromatic rings. The van der Waals surface area contributed by atoms with Crippen molar-refractivity contribution in [2.75, 3.05) is 27.7 Å². The average molecular weight is 343 g/mol. The normalized spacial score (nSPS) is 13.3. The van der Waals surface area contributed by atoms with Crippen molar-refractivity contribution in [3.8, 4) is 11.8 Å². The number of hydrogen-bond donors (Lipinski definition) is 0. The molecule has 0 aliphatic heterocycles. The predicted molar refractivity (Wildman–Crippen MR) is 98.6 cm³/mol. The van der Waals surface area contributed by atoms with Crippen molar-refractivity contribution in [3.63, 3.8) is 0 Å². The zero-order valence-corrected chi connectivity index (χ0v) is 15.2. The van der Waals surface area contributed by atoms with Crippen molar-refractivity contribution < 1.29 is 4.74 Å². The Morgan fingerprint density at radius 3 is 2.46 bits per heavy atom. The Balaban J connectivity index is 2.58. The summed E-state index contributed by atoms with van der Waals surface area (Å²) in [5, 5.41) is 10.8. The largest absolute Gasteiger partial charge is 0.496 e. The summed E-state index contributed by atoms with van der Waals surface area (Å²) in [5.41, 5.74) is 1.00. The standard InChI is InChI=1S/C20H23ClN2O/c1-23(2)13-7-12-20(15-22,16-8-5-4-6-9-16)18-14-17(21)10-11-19(18)24-3/h4-6,8-11,14H,7,12-13H2,1-3H3. The van der Waals surface area contributed by atoms with E-state index in [1.165, 1.54) is 0 Å². The summed E-state index contributed by atoms with van der Waals surface area (Å²) >= 11 is 6.24. The first-order valence-electron chi connectivity index (χ1n) is 7.99. The second-order valence-electron chi connectivity index (χ2n) is 6.13. The summed E-state index contributed by atoms with van der Waals surface area (Å²) < 4.78 is 5.54. The topological polar surface area (TPSA) is 36.3 Å². The highest BCUT2D eigenvalue weighted by molar-refractivity contribution is 6.30. The molecule has 126 valence electrons. The highest BCUT2D eigenvalue weighted by Gasteiger charge is 2.37. The Morgan fingerprint density at radius 1 is 1.17 bits per heavy atom. The van der Waals surface area contributed by atoms with Gasteiger partial charge >= 0.3 is 0 Å². The van der Waals surface area contributed by atoms with Gasteiger partial charge in [-0.3, -0.25) is 0 Å². The molecule has 0 heterocycles. The van der Waals surface area contributed by atoms with E-state index in [4.69, 9.17) is 16.3 Å². The lowest BCUT2D eigenvalue weighted by atomic mass is 9.72. The lowest BCUT2D eigenvalue weighted by Crippen LogP contribution is -2.28. The van der Waals surface area contributed by atoms with Gasteiger partial charge in [0.25, 0.3) is 0 Å². The van der Waals surface area contributed by atoms with Crippen molar-refractivity contribution in [3.05, 3.63) is 64.7 Å². The van der Waals surface area contributed by atoms with E-state index in [1.807, 2.05) is 56.6 Å². The molecule has 2 rings (SSSR count). The van der Waals surface area contributed by atoms with E-state index >= 15 is 0 Å². The number of nitrogens with zero attached hydrogens (tertiary/aromatic N) is 2. The number of halogens is 1. The first-order chi connectivity index (χ1) is 11.5. The number of nitriles is 1. The third-order valence-electron chi connectivity index (χ3n) is 4.24. The van der Waals surface area contributed by atoms with E-state index in [0.717, 1.165) is 24.1 Å². The maximum atomic E-state index is 10.2. The molecule has 1 atom stereocenters. The molecule has 0 N–H and O–H groups in total. The summed E-state index contributed by atoms with van der Waals surface area (Å²) in [6.07, 6.45) is 1.59. The van der Waals surface area contributed by atoms with Gasteiger partial charge in [0.05, 0.1) is 13.2 Å². The lowest BCUT2D eigenvalue weighted by molar-refractivity contribution is 0.370. The van der Waals surface area contributed by atoms with E-state index in [-0.39, 0.29) is 0 Å². The Morgan fingerprint density at radius 2 is 1.88 bits per heavy atom. The molecule has 0 aromatic heterocycles. The molecule has 1 unspecified atom stereocenters. The Kier molecular flexibility index (Phi) is 6.25. The van der Waals surface area contributed by atoms with Gasteiger partial charge in [0.1, 0.15) is 11.2 Å². The van der Waals surface area contributed by atoms with Crippen LogP contribution in [0.1, 0.15) is 24.0 Å². The zero-order chi connectivity index (χ0) is 17.6. The number of methoxy groups -OCH3 is 1. The Bertz CT molecular complexity index is 709. The molecule has 2 aromatic carbocycles. The number of hydrogen-bond acceptors (Lipinski definition) is 3. The molecule has 3 nitrogen and oxygen atoms in total. The van der Waals surface area contributed by atoms with Gasteiger partial charge in [-0.25, -0.2) is 0 Å². The predicted octanol–water partition coefficient (Wildman–Crippen LogP) is 4.50. The molecule has 0 fully saturated rings. The van der Waals surface area contributed by atoms with E-state index in [2.05, 4.69) is 11.0 Å². The van der Waals surface area contributed by atoms with E-state index in [9.17, 15) is 5.26 Å². The SMILES string of the molecule is COc1ccc(Cl)cc1C(C#N)(CCCN(C)C)c1ccccc1. The highest BCUT2D eigenvalue weighted by Crippen LogP contribution is 2.42. The van der Waals surface area contributed by atoms with Crippen molar-refractivity contribution >= 4 is 11.6 Å². The van der Waals surface area contributed by atoms with E-state index < -0.39 is 5.41 Å². The quantitative estimate of drug-likeness (QED) is 0.743. The molecular weight excluding hydrogens is 320 g/mol. The Labute approximate surface area is 149 Å². The van der Waals surface area contributed by atoms with Gasteiger partial charge < -0.3 is 9.64 Å². The van der Waals surface area contributed by atoms with Crippen LogP contribution < -0.4 is 4.74 Å². The minimum Gasteiger partial charge on any atom is -0.496 e. The fraction of sp³-hybridized carbons (Fsp3) is 0.350. The van der Waals surface area contributed by atoms with Crippen LogP contribution in [-0.2, 0) is 5.41 Å². The molecule has 4 heteroatoms. The van der Waals surface area contributed by atoms with Crippen LogP contribution in [0.25, 0.3) is 0 Å². The third kappa shape index (κ3) is 3.90. The van der Waals surface area contributed by atoms with Crippen LogP contribution in [0.3, 0.4) is 0 Å². The van der Waals surface area contributed by atoms with Gasteiger partial charge in [-0.15, -0.1) is 0 Å². The smallest absolute Gasteiger partial charge is 0.124 e. The van der Waals surface area contributed by atoms with Gasteiger partial charge in [0, 0.05) is 10.6 Å². The van der Waals surface area contributed by atoms with Gasteiger partial charge in [0.15, 0.2) is 0 Å². The number of rotatable bonds is 7. The molecular formula is C20H23ClN2O. The van der Waals surface area contributed by atoms with Gasteiger partial charge in [-0.1, -0.05) is 41.9 Å². The highest BCUT2D eigenvalue weighted by atomic mass is 35.5. The van der Waals surface area contributed by atoms with Gasteiger partial charge in [-0.2, -0.15) is 5.26 Å².